The zero-order valence-corrected chi connectivity index (χ0v) is 14.4. The van der Waals surface area contributed by atoms with E-state index in [1.807, 2.05) is 17.8 Å². The van der Waals surface area contributed by atoms with Gasteiger partial charge in [0.1, 0.15) is 24.0 Å². The number of imidazole rings is 1. The van der Waals surface area contributed by atoms with Gasteiger partial charge in [0.05, 0.1) is 6.20 Å². The summed E-state index contributed by atoms with van der Waals surface area (Å²) in [6.45, 7) is 1.42. The predicted molar refractivity (Wildman–Crippen MR) is 96.8 cm³/mol. The van der Waals surface area contributed by atoms with E-state index in [1.165, 1.54) is 0 Å². The second-order valence-electron chi connectivity index (χ2n) is 5.54. The molecule has 2 N–H and O–H groups in total. The number of anilines is 1. The molecule has 0 aliphatic carbocycles. The topological polar surface area (TPSA) is 94.0 Å². The molecule has 3 rings (SSSR count). The molecule has 1 amide bonds. The molecule has 0 saturated heterocycles. The van der Waals surface area contributed by atoms with Crippen LogP contribution >= 0.6 is 0 Å². The Kier molecular flexibility index (Phi) is 5.76. The fraction of sp³-hybridized carbons (Fsp3) is 0.222. The molecular weight excluding hydrogens is 332 g/mol. The van der Waals surface area contributed by atoms with Gasteiger partial charge < -0.3 is 19.9 Å². The van der Waals surface area contributed by atoms with Gasteiger partial charge in [-0.15, -0.1) is 0 Å². The fourth-order valence-corrected chi connectivity index (χ4v) is 2.25. The Morgan fingerprint density at radius 2 is 1.96 bits per heavy atom. The van der Waals surface area contributed by atoms with Gasteiger partial charge in [0.15, 0.2) is 0 Å². The quantitative estimate of drug-likeness (QED) is 0.599. The third kappa shape index (κ3) is 4.79. The summed E-state index contributed by atoms with van der Waals surface area (Å²) in [7, 11) is 1.92. The lowest BCUT2D eigenvalue weighted by Gasteiger charge is -2.09. The molecule has 3 aromatic rings. The van der Waals surface area contributed by atoms with Crippen LogP contribution in [0.25, 0.3) is 0 Å². The van der Waals surface area contributed by atoms with Crippen LogP contribution in [0, 0.1) is 0 Å². The fourth-order valence-electron chi connectivity index (χ4n) is 2.25. The van der Waals surface area contributed by atoms with E-state index in [4.69, 9.17) is 4.74 Å². The highest BCUT2D eigenvalue weighted by atomic mass is 16.5. The van der Waals surface area contributed by atoms with Gasteiger partial charge in [0.2, 0.25) is 0 Å². The molecule has 1 aromatic carbocycles. The van der Waals surface area contributed by atoms with Crippen molar-refractivity contribution in [2.75, 3.05) is 18.4 Å². The van der Waals surface area contributed by atoms with Crippen molar-refractivity contribution in [3.05, 3.63) is 66.6 Å². The predicted octanol–water partition coefficient (Wildman–Crippen LogP) is 1.63. The van der Waals surface area contributed by atoms with Crippen LogP contribution in [-0.4, -0.2) is 38.5 Å². The van der Waals surface area contributed by atoms with Crippen molar-refractivity contribution in [1.82, 2.24) is 24.8 Å². The molecule has 134 valence electrons. The normalized spacial score (nSPS) is 10.3. The third-order valence-corrected chi connectivity index (χ3v) is 3.69. The summed E-state index contributed by atoms with van der Waals surface area (Å²) >= 11 is 0. The van der Waals surface area contributed by atoms with Crippen molar-refractivity contribution < 1.29 is 9.53 Å². The number of ether oxygens (including phenoxy) is 1. The molecule has 0 fully saturated rings. The minimum atomic E-state index is -0.137. The van der Waals surface area contributed by atoms with E-state index in [1.54, 1.807) is 49.1 Å². The van der Waals surface area contributed by atoms with Crippen LogP contribution in [0.4, 0.5) is 5.82 Å². The van der Waals surface area contributed by atoms with Crippen LogP contribution in [0.15, 0.2) is 55.2 Å². The molecule has 0 bridgehead atoms. The Hall–Kier alpha value is -3.42. The van der Waals surface area contributed by atoms with Crippen molar-refractivity contribution in [2.24, 2.45) is 7.05 Å². The van der Waals surface area contributed by atoms with Crippen LogP contribution < -0.4 is 15.4 Å². The molecule has 2 heterocycles. The Balaban J connectivity index is 1.42. The maximum Gasteiger partial charge on any atom is 0.251 e. The van der Waals surface area contributed by atoms with Gasteiger partial charge in [0, 0.05) is 50.5 Å². The average Bonchev–Trinajstić information content (AvgIpc) is 3.09. The summed E-state index contributed by atoms with van der Waals surface area (Å²) in [5.74, 6) is 2.06. The number of aryl methyl sites for hydroxylation is 1. The Bertz CT molecular complexity index is 832. The third-order valence-electron chi connectivity index (χ3n) is 3.69. The molecule has 0 aliphatic rings. The SMILES string of the molecule is Cn1ccnc1COc1ccc(C(=O)NCCNc2cnccn2)cc1. The summed E-state index contributed by atoms with van der Waals surface area (Å²) in [5.41, 5.74) is 0.578. The summed E-state index contributed by atoms with van der Waals surface area (Å²) in [4.78, 5) is 24.4. The van der Waals surface area contributed by atoms with E-state index in [9.17, 15) is 4.79 Å². The standard InChI is InChI=1S/C18H20N6O2/c1-24-11-10-22-17(24)13-26-15-4-2-14(3-5-15)18(25)23-9-8-21-16-12-19-6-7-20-16/h2-7,10-12H,8-9,13H2,1H3,(H,20,21)(H,23,25). The van der Waals surface area contributed by atoms with Crippen LogP contribution in [0.3, 0.4) is 0 Å². The molecule has 26 heavy (non-hydrogen) atoms. The van der Waals surface area contributed by atoms with Crippen LogP contribution in [-0.2, 0) is 13.7 Å². The van der Waals surface area contributed by atoms with E-state index in [0.717, 1.165) is 5.82 Å². The van der Waals surface area contributed by atoms with E-state index < -0.39 is 0 Å². The van der Waals surface area contributed by atoms with E-state index in [0.29, 0.717) is 36.8 Å². The molecule has 0 atom stereocenters. The van der Waals surface area contributed by atoms with Gasteiger partial charge in [-0.2, -0.15) is 0 Å². The molecule has 8 nitrogen and oxygen atoms in total. The summed E-state index contributed by atoms with van der Waals surface area (Å²) in [6, 6.07) is 7.02. The molecule has 0 saturated carbocycles. The van der Waals surface area contributed by atoms with Gasteiger partial charge in [-0.05, 0) is 24.3 Å². The number of rotatable bonds is 8. The highest BCUT2D eigenvalue weighted by Gasteiger charge is 2.06. The largest absolute Gasteiger partial charge is 0.486 e. The number of carbonyl (C=O) groups is 1. The maximum atomic E-state index is 12.1. The van der Waals surface area contributed by atoms with Gasteiger partial charge in [-0.1, -0.05) is 0 Å². The number of carbonyl (C=O) groups excluding carboxylic acids is 1. The first-order valence-corrected chi connectivity index (χ1v) is 8.19. The highest BCUT2D eigenvalue weighted by molar-refractivity contribution is 5.94. The van der Waals surface area contributed by atoms with E-state index in [-0.39, 0.29) is 5.91 Å². The number of amides is 1. The van der Waals surface area contributed by atoms with Crippen molar-refractivity contribution in [3.8, 4) is 5.75 Å². The number of nitrogens with zero attached hydrogens (tertiary/aromatic N) is 4. The summed E-state index contributed by atoms with van der Waals surface area (Å²) in [5, 5.41) is 5.93. The zero-order valence-electron chi connectivity index (χ0n) is 14.4. The lowest BCUT2D eigenvalue weighted by molar-refractivity contribution is 0.0955. The van der Waals surface area contributed by atoms with Gasteiger partial charge in [0.25, 0.3) is 5.91 Å². The molecule has 2 aromatic heterocycles. The minimum absolute atomic E-state index is 0.137. The lowest BCUT2D eigenvalue weighted by Crippen LogP contribution is -2.28. The Morgan fingerprint density at radius 1 is 1.12 bits per heavy atom. The maximum absolute atomic E-state index is 12.1. The first kappa shape index (κ1) is 17.4. The second kappa shape index (κ2) is 8.61. The molecule has 0 aliphatic heterocycles. The number of nitrogens with one attached hydrogen (secondary N) is 2. The number of hydrogen-bond acceptors (Lipinski definition) is 6. The number of benzene rings is 1. The van der Waals surface area contributed by atoms with E-state index in [2.05, 4.69) is 25.6 Å². The van der Waals surface area contributed by atoms with Crippen LogP contribution in [0.1, 0.15) is 16.2 Å². The van der Waals surface area contributed by atoms with E-state index >= 15 is 0 Å². The van der Waals surface area contributed by atoms with Crippen molar-refractivity contribution in [1.29, 1.82) is 0 Å². The second-order valence-corrected chi connectivity index (χ2v) is 5.54. The first-order chi connectivity index (χ1) is 12.7. The lowest BCUT2D eigenvalue weighted by atomic mass is 10.2. The molecular formula is C18H20N6O2. The molecule has 8 heteroatoms. The van der Waals surface area contributed by atoms with Gasteiger partial charge in [-0.3, -0.25) is 9.78 Å². The highest BCUT2D eigenvalue weighted by Crippen LogP contribution is 2.13. The number of aromatic nitrogens is 4. The number of hydrogen-bond donors (Lipinski definition) is 2. The smallest absolute Gasteiger partial charge is 0.251 e. The van der Waals surface area contributed by atoms with Gasteiger partial charge in [-0.25, -0.2) is 9.97 Å². The van der Waals surface area contributed by atoms with Crippen LogP contribution in [0.2, 0.25) is 0 Å². The van der Waals surface area contributed by atoms with Gasteiger partial charge >= 0.3 is 0 Å². The van der Waals surface area contributed by atoms with Crippen LogP contribution in [0.5, 0.6) is 5.75 Å². The molecule has 0 radical (unpaired) electrons. The summed E-state index contributed by atoms with van der Waals surface area (Å²) in [6.07, 6.45) is 8.44. The first-order valence-electron chi connectivity index (χ1n) is 8.19. The Labute approximate surface area is 151 Å². The molecule has 0 unspecified atom stereocenters. The minimum Gasteiger partial charge on any atom is -0.486 e. The summed E-state index contributed by atoms with van der Waals surface area (Å²) < 4.78 is 7.58. The zero-order chi connectivity index (χ0) is 18.2. The Morgan fingerprint density at radius 3 is 2.65 bits per heavy atom. The van der Waals surface area contributed by atoms with Crippen molar-refractivity contribution in [2.45, 2.75) is 6.61 Å². The molecule has 0 spiro atoms. The van der Waals surface area contributed by atoms with Crippen molar-refractivity contribution >= 4 is 11.7 Å². The average molecular weight is 352 g/mol. The monoisotopic (exact) mass is 352 g/mol. The van der Waals surface area contributed by atoms with Crippen molar-refractivity contribution in [3.63, 3.8) is 0 Å².